The van der Waals surface area contributed by atoms with Gasteiger partial charge < -0.3 is 15.3 Å². The maximum absolute atomic E-state index is 12.2. The van der Waals surface area contributed by atoms with Crippen LogP contribution in [0.4, 0.5) is 11.4 Å². The zero-order chi connectivity index (χ0) is 15.5. The largest absolute Gasteiger partial charge is 0.392 e. The van der Waals surface area contributed by atoms with Crippen molar-refractivity contribution >= 4 is 40.6 Å². The molecule has 2 aliphatic rings. The molecule has 0 aromatic heterocycles. The Morgan fingerprint density at radius 2 is 2.09 bits per heavy atom. The molecule has 1 aromatic carbocycles. The summed E-state index contributed by atoms with van der Waals surface area (Å²) in [4.78, 5) is 14.5. The minimum Gasteiger partial charge on any atom is -0.392 e. The normalized spacial score (nSPS) is 25.3. The number of halogens is 1. The van der Waals surface area contributed by atoms with Crippen molar-refractivity contribution in [2.45, 2.75) is 25.4 Å². The first-order chi connectivity index (χ1) is 10.6. The molecular weight excluding hydrogens is 320 g/mol. The van der Waals surface area contributed by atoms with E-state index in [1.807, 2.05) is 23.9 Å². The Kier molecular flexibility index (Phi) is 5.16. The zero-order valence-electron chi connectivity index (χ0n) is 12.4. The molecule has 1 saturated heterocycles. The van der Waals surface area contributed by atoms with E-state index in [0.29, 0.717) is 17.1 Å². The van der Waals surface area contributed by atoms with E-state index >= 15 is 0 Å². The molecule has 1 aromatic rings. The Morgan fingerprint density at radius 3 is 2.73 bits per heavy atom. The number of carbonyl (C=O) groups excluding carboxylic acids is 1. The molecule has 120 valence electrons. The molecule has 2 atom stereocenters. The first kappa shape index (κ1) is 16.0. The number of aliphatic hydroxyl groups is 1. The molecule has 2 N–H and O–H groups in total. The summed E-state index contributed by atoms with van der Waals surface area (Å²) in [6.45, 7) is 2.01. The summed E-state index contributed by atoms with van der Waals surface area (Å²) < 4.78 is 0. The summed E-state index contributed by atoms with van der Waals surface area (Å²) in [5.41, 5.74) is 1.73. The van der Waals surface area contributed by atoms with Crippen LogP contribution in [0.15, 0.2) is 18.2 Å². The molecule has 1 saturated carbocycles. The summed E-state index contributed by atoms with van der Waals surface area (Å²) in [5.74, 6) is 1.84. The molecule has 1 aliphatic carbocycles. The van der Waals surface area contributed by atoms with Crippen LogP contribution in [-0.4, -0.2) is 41.7 Å². The molecular formula is C16H21ClN2O2S. The number of hydrogen-bond acceptors (Lipinski definition) is 4. The molecule has 2 fully saturated rings. The van der Waals surface area contributed by atoms with E-state index in [9.17, 15) is 9.90 Å². The summed E-state index contributed by atoms with van der Waals surface area (Å²) in [6, 6.07) is 5.67. The zero-order valence-corrected chi connectivity index (χ0v) is 14.0. The minimum atomic E-state index is -0.513. The number of hydrogen-bond donors (Lipinski definition) is 2. The van der Waals surface area contributed by atoms with Crippen LogP contribution in [0.25, 0.3) is 0 Å². The van der Waals surface area contributed by atoms with E-state index in [1.54, 1.807) is 6.07 Å². The van der Waals surface area contributed by atoms with E-state index in [2.05, 4.69) is 10.2 Å². The molecule has 2 unspecified atom stereocenters. The minimum absolute atomic E-state index is 0.108. The highest BCUT2D eigenvalue weighted by Crippen LogP contribution is 2.32. The highest BCUT2D eigenvalue weighted by Gasteiger charge is 2.31. The van der Waals surface area contributed by atoms with Crippen molar-refractivity contribution in [3.05, 3.63) is 23.2 Å². The first-order valence-corrected chi connectivity index (χ1v) is 9.29. The van der Waals surface area contributed by atoms with E-state index < -0.39 is 6.10 Å². The number of amides is 1. The summed E-state index contributed by atoms with van der Waals surface area (Å²) in [6.07, 6.45) is 1.86. The predicted molar refractivity (Wildman–Crippen MR) is 93.0 cm³/mol. The van der Waals surface area contributed by atoms with E-state index in [-0.39, 0.29) is 11.8 Å². The van der Waals surface area contributed by atoms with Gasteiger partial charge in [0.15, 0.2) is 0 Å². The fourth-order valence-corrected chi connectivity index (χ4v) is 4.33. The molecule has 1 heterocycles. The van der Waals surface area contributed by atoms with Crippen LogP contribution in [0.3, 0.4) is 0 Å². The second-order valence-corrected chi connectivity index (χ2v) is 7.49. The van der Waals surface area contributed by atoms with Gasteiger partial charge in [0.1, 0.15) is 0 Å². The smallest absolute Gasteiger partial charge is 0.230 e. The summed E-state index contributed by atoms with van der Waals surface area (Å²) >= 11 is 8.34. The summed E-state index contributed by atoms with van der Waals surface area (Å²) in [5, 5.41) is 13.4. The van der Waals surface area contributed by atoms with Gasteiger partial charge in [-0.15, -0.1) is 0 Å². The standard InChI is InChI=1S/C16H21ClN2O2S/c17-13-10-11(18-16(21)12-2-1-3-15(12)20)4-5-14(13)19-6-8-22-9-7-19/h4-5,10,12,15,20H,1-3,6-9H2,(H,18,21). The highest BCUT2D eigenvalue weighted by atomic mass is 35.5. The lowest BCUT2D eigenvalue weighted by Crippen LogP contribution is -2.32. The van der Waals surface area contributed by atoms with Gasteiger partial charge in [0.2, 0.25) is 5.91 Å². The molecule has 0 radical (unpaired) electrons. The number of nitrogens with zero attached hydrogens (tertiary/aromatic N) is 1. The Labute approximate surface area is 140 Å². The van der Waals surface area contributed by atoms with Crippen LogP contribution in [-0.2, 0) is 4.79 Å². The lowest BCUT2D eigenvalue weighted by molar-refractivity contribution is -0.122. The molecule has 4 nitrogen and oxygen atoms in total. The Morgan fingerprint density at radius 1 is 1.32 bits per heavy atom. The lowest BCUT2D eigenvalue weighted by atomic mass is 10.1. The maximum atomic E-state index is 12.2. The van der Waals surface area contributed by atoms with Gasteiger partial charge in [0.05, 0.1) is 22.7 Å². The topological polar surface area (TPSA) is 52.6 Å². The molecule has 22 heavy (non-hydrogen) atoms. The molecule has 0 bridgehead atoms. The van der Waals surface area contributed by atoms with Crippen molar-refractivity contribution in [2.75, 3.05) is 34.8 Å². The first-order valence-electron chi connectivity index (χ1n) is 7.76. The molecule has 0 spiro atoms. The van der Waals surface area contributed by atoms with Gasteiger partial charge in [0, 0.05) is 30.3 Å². The highest BCUT2D eigenvalue weighted by molar-refractivity contribution is 7.99. The van der Waals surface area contributed by atoms with E-state index in [1.165, 1.54) is 0 Å². The van der Waals surface area contributed by atoms with Gasteiger partial charge in [-0.3, -0.25) is 4.79 Å². The quantitative estimate of drug-likeness (QED) is 0.888. The fourth-order valence-electron chi connectivity index (χ4n) is 3.13. The van der Waals surface area contributed by atoms with Crippen molar-refractivity contribution in [1.82, 2.24) is 0 Å². The van der Waals surface area contributed by atoms with Crippen LogP contribution >= 0.6 is 23.4 Å². The van der Waals surface area contributed by atoms with Crippen LogP contribution in [0.5, 0.6) is 0 Å². The number of aliphatic hydroxyl groups excluding tert-OH is 1. The second kappa shape index (κ2) is 7.11. The monoisotopic (exact) mass is 340 g/mol. The van der Waals surface area contributed by atoms with Gasteiger partial charge in [-0.1, -0.05) is 11.6 Å². The van der Waals surface area contributed by atoms with Crippen molar-refractivity contribution in [3.8, 4) is 0 Å². The van der Waals surface area contributed by atoms with Crippen LogP contribution in [0, 0.1) is 5.92 Å². The van der Waals surface area contributed by atoms with Crippen molar-refractivity contribution in [1.29, 1.82) is 0 Å². The molecule has 6 heteroatoms. The van der Waals surface area contributed by atoms with Crippen molar-refractivity contribution < 1.29 is 9.90 Å². The lowest BCUT2D eigenvalue weighted by Gasteiger charge is -2.29. The molecule has 3 rings (SSSR count). The van der Waals surface area contributed by atoms with Gasteiger partial charge in [-0.05, 0) is 37.5 Å². The number of benzene rings is 1. The Balaban J connectivity index is 1.67. The number of carbonyl (C=O) groups is 1. The molecule has 1 aliphatic heterocycles. The summed E-state index contributed by atoms with van der Waals surface area (Å²) in [7, 11) is 0. The average molecular weight is 341 g/mol. The van der Waals surface area contributed by atoms with E-state index in [4.69, 9.17) is 11.6 Å². The number of rotatable bonds is 3. The number of thioether (sulfide) groups is 1. The van der Waals surface area contributed by atoms with Crippen LogP contribution in [0.1, 0.15) is 19.3 Å². The van der Waals surface area contributed by atoms with E-state index in [0.717, 1.165) is 43.1 Å². The Hall–Kier alpha value is -0.910. The van der Waals surface area contributed by atoms with Gasteiger partial charge in [-0.2, -0.15) is 11.8 Å². The average Bonchev–Trinajstić information content (AvgIpc) is 2.94. The van der Waals surface area contributed by atoms with Gasteiger partial charge in [0.25, 0.3) is 0 Å². The third-order valence-corrected chi connectivity index (χ3v) is 5.63. The third kappa shape index (κ3) is 3.53. The predicted octanol–water partition coefficient (Wildman–Crippen LogP) is 2.99. The molecule has 1 amide bonds. The van der Waals surface area contributed by atoms with Crippen LogP contribution < -0.4 is 10.2 Å². The van der Waals surface area contributed by atoms with Crippen molar-refractivity contribution in [2.24, 2.45) is 5.92 Å². The number of nitrogens with one attached hydrogen (secondary N) is 1. The maximum Gasteiger partial charge on any atom is 0.230 e. The van der Waals surface area contributed by atoms with Crippen LogP contribution in [0.2, 0.25) is 5.02 Å². The van der Waals surface area contributed by atoms with Gasteiger partial charge >= 0.3 is 0 Å². The number of anilines is 2. The van der Waals surface area contributed by atoms with Crippen molar-refractivity contribution in [3.63, 3.8) is 0 Å². The van der Waals surface area contributed by atoms with Gasteiger partial charge in [-0.25, -0.2) is 0 Å². The Bertz CT molecular complexity index is 549. The second-order valence-electron chi connectivity index (χ2n) is 5.86. The third-order valence-electron chi connectivity index (χ3n) is 4.38. The SMILES string of the molecule is O=C(Nc1ccc(N2CCSCC2)c(Cl)c1)C1CCCC1O. The fraction of sp³-hybridized carbons (Fsp3) is 0.562.